The largest absolute Gasteiger partial charge is 0.481 e. The molecule has 1 saturated heterocycles. The van der Waals surface area contributed by atoms with E-state index >= 15 is 0 Å². The molecule has 1 unspecified atom stereocenters. The van der Waals surface area contributed by atoms with E-state index in [4.69, 9.17) is 5.11 Å². The van der Waals surface area contributed by atoms with Crippen LogP contribution >= 0.6 is 0 Å². The highest BCUT2D eigenvalue weighted by atomic mass is 16.6. The van der Waals surface area contributed by atoms with Crippen LogP contribution in [0.4, 0.5) is 5.69 Å². The lowest BCUT2D eigenvalue weighted by molar-refractivity contribution is -0.384. The van der Waals surface area contributed by atoms with Crippen LogP contribution in [-0.4, -0.2) is 44.0 Å². The van der Waals surface area contributed by atoms with Crippen molar-refractivity contribution in [3.05, 3.63) is 28.1 Å². The van der Waals surface area contributed by atoms with Crippen LogP contribution in [0.3, 0.4) is 0 Å². The van der Waals surface area contributed by atoms with Gasteiger partial charge in [-0.3, -0.25) is 19.7 Å². The first-order valence-electron chi connectivity index (χ1n) is 6.73. The number of carboxylic acid groups (broad SMARTS) is 1. The summed E-state index contributed by atoms with van der Waals surface area (Å²) in [5.41, 5.74) is 0.0617. The van der Waals surface area contributed by atoms with Crippen molar-refractivity contribution < 1.29 is 19.6 Å². The number of piperidine rings is 1. The number of carboxylic acids is 1. The molecule has 1 amide bonds. The van der Waals surface area contributed by atoms with E-state index in [2.05, 4.69) is 0 Å². The van der Waals surface area contributed by atoms with Gasteiger partial charge in [0.05, 0.1) is 17.5 Å². The van der Waals surface area contributed by atoms with E-state index in [9.17, 15) is 19.7 Å². The Kier molecular flexibility index (Phi) is 4.25. The third-order valence-electron chi connectivity index (χ3n) is 3.72. The zero-order valence-corrected chi connectivity index (χ0v) is 11.7. The predicted octanol–water partition coefficient (Wildman–Crippen LogP) is 1.40. The van der Waals surface area contributed by atoms with E-state index in [0.29, 0.717) is 13.0 Å². The lowest BCUT2D eigenvalue weighted by atomic mass is 9.99. The summed E-state index contributed by atoms with van der Waals surface area (Å²) in [5, 5.41) is 19.7. The van der Waals surface area contributed by atoms with Crippen LogP contribution in [0, 0.1) is 10.1 Å². The Bertz CT molecular complexity index is 580. The van der Waals surface area contributed by atoms with Gasteiger partial charge in [0.1, 0.15) is 5.69 Å². The number of nitro groups is 1. The molecule has 1 atom stereocenters. The molecule has 0 radical (unpaired) electrons. The number of hydrogen-bond acceptors (Lipinski definition) is 4. The second-order valence-corrected chi connectivity index (χ2v) is 5.20. The fraction of sp³-hybridized carbons (Fsp3) is 0.538. The van der Waals surface area contributed by atoms with Gasteiger partial charge in [0, 0.05) is 25.7 Å². The predicted molar refractivity (Wildman–Crippen MR) is 73.0 cm³/mol. The lowest BCUT2D eigenvalue weighted by Gasteiger charge is -2.35. The number of hydrogen-bond donors (Lipinski definition) is 1. The molecule has 1 fully saturated rings. The molecule has 2 rings (SSSR count). The number of rotatable bonds is 4. The minimum Gasteiger partial charge on any atom is -0.481 e. The Balaban J connectivity index is 2.24. The maximum absolute atomic E-state index is 12.5. The molecule has 21 heavy (non-hydrogen) atoms. The van der Waals surface area contributed by atoms with E-state index in [-0.39, 0.29) is 29.8 Å². The third-order valence-corrected chi connectivity index (χ3v) is 3.72. The van der Waals surface area contributed by atoms with E-state index in [1.54, 1.807) is 7.05 Å². The number of nitrogens with zero attached hydrogens (tertiary/aromatic N) is 3. The Hall–Kier alpha value is -2.38. The third kappa shape index (κ3) is 3.21. The molecule has 0 bridgehead atoms. The Morgan fingerprint density at radius 3 is 2.76 bits per heavy atom. The number of carbonyl (C=O) groups is 2. The summed E-state index contributed by atoms with van der Waals surface area (Å²) in [7, 11) is 1.57. The summed E-state index contributed by atoms with van der Waals surface area (Å²) in [4.78, 5) is 35.2. The fourth-order valence-electron chi connectivity index (χ4n) is 2.69. The highest BCUT2D eigenvalue weighted by Gasteiger charge is 2.31. The summed E-state index contributed by atoms with van der Waals surface area (Å²) in [5.74, 6) is -1.30. The van der Waals surface area contributed by atoms with Crippen LogP contribution in [0.1, 0.15) is 36.2 Å². The number of aromatic nitrogens is 1. The fourth-order valence-corrected chi connectivity index (χ4v) is 2.69. The summed E-state index contributed by atoms with van der Waals surface area (Å²) in [6.45, 7) is 0.482. The Labute approximate surface area is 121 Å². The molecule has 1 aliphatic heterocycles. The molecule has 1 N–H and O–H groups in total. The topological polar surface area (TPSA) is 106 Å². The van der Waals surface area contributed by atoms with Gasteiger partial charge in [-0.15, -0.1) is 0 Å². The van der Waals surface area contributed by atoms with Crippen LogP contribution < -0.4 is 0 Å². The molecule has 0 aromatic carbocycles. The average molecular weight is 295 g/mol. The second kappa shape index (κ2) is 5.94. The zero-order chi connectivity index (χ0) is 15.6. The first-order valence-corrected chi connectivity index (χ1v) is 6.73. The van der Waals surface area contributed by atoms with Gasteiger partial charge < -0.3 is 14.6 Å². The van der Waals surface area contributed by atoms with Crippen LogP contribution in [0.5, 0.6) is 0 Å². The number of amides is 1. The van der Waals surface area contributed by atoms with E-state index in [0.717, 1.165) is 12.8 Å². The van der Waals surface area contributed by atoms with Gasteiger partial charge in [0.2, 0.25) is 0 Å². The molecule has 8 heteroatoms. The van der Waals surface area contributed by atoms with Crippen molar-refractivity contribution in [2.75, 3.05) is 6.54 Å². The quantitative estimate of drug-likeness (QED) is 0.667. The van der Waals surface area contributed by atoms with Crippen LogP contribution in [-0.2, 0) is 11.8 Å². The van der Waals surface area contributed by atoms with E-state index < -0.39 is 10.9 Å². The Morgan fingerprint density at radius 2 is 2.19 bits per heavy atom. The minimum absolute atomic E-state index is 0.0990. The monoisotopic (exact) mass is 295 g/mol. The number of likely N-dealkylation sites (tertiary alicyclic amines) is 1. The molecular weight excluding hydrogens is 278 g/mol. The number of aryl methyl sites for hydroxylation is 1. The van der Waals surface area contributed by atoms with E-state index in [1.165, 1.54) is 21.7 Å². The zero-order valence-electron chi connectivity index (χ0n) is 11.7. The van der Waals surface area contributed by atoms with Gasteiger partial charge in [-0.1, -0.05) is 0 Å². The van der Waals surface area contributed by atoms with Gasteiger partial charge in [-0.2, -0.15) is 0 Å². The number of carbonyl (C=O) groups excluding carboxylic acids is 1. The van der Waals surface area contributed by atoms with Crippen molar-refractivity contribution >= 4 is 17.6 Å². The van der Waals surface area contributed by atoms with Crippen molar-refractivity contribution in [1.82, 2.24) is 9.47 Å². The molecule has 0 saturated carbocycles. The SMILES string of the molecule is Cn1cc([N+](=O)[O-])cc1C(=O)N1CCCCC1CC(=O)O. The van der Waals surface area contributed by atoms with Crippen molar-refractivity contribution in [2.45, 2.75) is 31.7 Å². The molecular formula is C13H17N3O5. The standard InChI is InChI=1S/C13H17N3O5/c1-14-8-10(16(20)21)6-11(14)13(19)15-5-3-2-4-9(15)7-12(17)18/h6,8-9H,2-5,7H2,1H3,(H,17,18). The van der Waals surface area contributed by atoms with Crippen molar-refractivity contribution in [3.8, 4) is 0 Å². The highest BCUT2D eigenvalue weighted by Crippen LogP contribution is 2.24. The summed E-state index contributed by atoms with van der Waals surface area (Å²) >= 11 is 0. The van der Waals surface area contributed by atoms with Gasteiger partial charge in [0.15, 0.2) is 0 Å². The maximum Gasteiger partial charge on any atom is 0.305 e. The van der Waals surface area contributed by atoms with Crippen molar-refractivity contribution in [3.63, 3.8) is 0 Å². The summed E-state index contributed by atoms with van der Waals surface area (Å²) in [6.07, 6.45) is 3.52. The van der Waals surface area contributed by atoms with Gasteiger partial charge >= 0.3 is 5.97 Å². The van der Waals surface area contributed by atoms with E-state index in [1.807, 2.05) is 0 Å². The van der Waals surface area contributed by atoms with Gasteiger partial charge in [-0.25, -0.2) is 0 Å². The van der Waals surface area contributed by atoms with Crippen LogP contribution in [0.2, 0.25) is 0 Å². The van der Waals surface area contributed by atoms with Gasteiger partial charge in [0.25, 0.3) is 11.6 Å². The minimum atomic E-state index is -0.947. The molecule has 1 aromatic heterocycles. The molecule has 1 aromatic rings. The molecule has 0 spiro atoms. The van der Waals surface area contributed by atoms with Crippen molar-refractivity contribution in [2.24, 2.45) is 7.05 Å². The first-order chi connectivity index (χ1) is 9.90. The second-order valence-electron chi connectivity index (χ2n) is 5.20. The molecule has 1 aliphatic rings. The van der Waals surface area contributed by atoms with Crippen molar-refractivity contribution in [1.29, 1.82) is 0 Å². The smallest absolute Gasteiger partial charge is 0.305 e. The average Bonchev–Trinajstić information content (AvgIpc) is 2.80. The van der Waals surface area contributed by atoms with Crippen LogP contribution in [0.15, 0.2) is 12.3 Å². The summed E-state index contributed by atoms with van der Waals surface area (Å²) in [6, 6.07) is 0.882. The molecule has 114 valence electrons. The summed E-state index contributed by atoms with van der Waals surface area (Å²) < 4.78 is 1.41. The number of aliphatic carboxylic acids is 1. The molecule has 2 heterocycles. The lowest BCUT2D eigenvalue weighted by Crippen LogP contribution is -2.45. The van der Waals surface area contributed by atoms with Gasteiger partial charge in [-0.05, 0) is 19.3 Å². The highest BCUT2D eigenvalue weighted by molar-refractivity contribution is 5.94. The molecule has 8 nitrogen and oxygen atoms in total. The first kappa shape index (κ1) is 15.0. The Morgan fingerprint density at radius 1 is 1.48 bits per heavy atom. The normalized spacial score (nSPS) is 18.5. The molecule has 0 aliphatic carbocycles. The maximum atomic E-state index is 12.5. The van der Waals surface area contributed by atoms with Crippen LogP contribution in [0.25, 0.3) is 0 Å².